The first-order chi connectivity index (χ1) is 5.84. The monoisotopic (exact) mass is 171 g/mol. The molecule has 0 unspecified atom stereocenters. The van der Waals surface area contributed by atoms with E-state index in [4.69, 9.17) is 10.5 Å². The summed E-state index contributed by atoms with van der Waals surface area (Å²) in [7, 11) is 0. The maximum Gasteiger partial charge on any atom is 0.0725 e. The third-order valence-corrected chi connectivity index (χ3v) is 2.58. The van der Waals surface area contributed by atoms with Crippen LogP contribution < -0.4 is 5.73 Å². The van der Waals surface area contributed by atoms with E-state index >= 15 is 0 Å². The van der Waals surface area contributed by atoms with E-state index in [0.717, 1.165) is 13.0 Å². The van der Waals surface area contributed by atoms with E-state index in [1.165, 1.54) is 32.1 Å². The lowest BCUT2D eigenvalue weighted by Crippen LogP contribution is -2.39. The average Bonchev–Trinajstić information content (AvgIpc) is 2.09. The summed E-state index contributed by atoms with van der Waals surface area (Å²) in [6.45, 7) is 3.08. The summed E-state index contributed by atoms with van der Waals surface area (Å²) in [5.74, 6) is 0. The molecular formula is C10H21NO. The molecule has 0 aromatic carbocycles. The predicted octanol–water partition coefficient (Wildman–Crippen LogP) is 2.07. The van der Waals surface area contributed by atoms with Gasteiger partial charge in [0.05, 0.1) is 6.10 Å². The molecule has 1 aliphatic rings. The molecule has 0 spiro atoms. The van der Waals surface area contributed by atoms with Gasteiger partial charge in [0.25, 0.3) is 0 Å². The fraction of sp³-hybridized carbons (Fsp3) is 1.00. The Hall–Kier alpha value is -0.0800. The number of nitrogens with two attached hydrogens (primary N) is 1. The van der Waals surface area contributed by atoms with Crippen molar-refractivity contribution in [2.75, 3.05) is 6.61 Å². The SMILES string of the molecule is CCCCO[C@@H]1CCCC[C@H]1N. The van der Waals surface area contributed by atoms with Crippen LogP contribution in [0, 0.1) is 0 Å². The predicted molar refractivity (Wildman–Crippen MR) is 51.1 cm³/mol. The highest BCUT2D eigenvalue weighted by Gasteiger charge is 2.21. The minimum absolute atomic E-state index is 0.301. The highest BCUT2D eigenvalue weighted by Crippen LogP contribution is 2.19. The molecule has 0 heterocycles. The van der Waals surface area contributed by atoms with Crippen molar-refractivity contribution in [2.45, 2.75) is 57.6 Å². The summed E-state index contributed by atoms with van der Waals surface area (Å²) in [5, 5.41) is 0. The van der Waals surface area contributed by atoms with Crippen molar-refractivity contribution in [1.29, 1.82) is 0 Å². The van der Waals surface area contributed by atoms with Crippen LogP contribution in [0.2, 0.25) is 0 Å². The molecule has 1 fully saturated rings. The highest BCUT2D eigenvalue weighted by atomic mass is 16.5. The normalized spacial score (nSPS) is 30.5. The second kappa shape index (κ2) is 5.55. The van der Waals surface area contributed by atoms with Crippen LogP contribution in [0.3, 0.4) is 0 Å². The number of hydrogen-bond acceptors (Lipinski definition) is 2. The van der Waals surface area contributed by atoms with Crippen molar-refractivity contribution < 1.29 is 4.74 Å². The maximum atomic E-state index is 5.94. The second-order valence-corrected chi connectivity index (χ2v) is 3.71. The van der Waals surface area contributed by atoms with Crippen LogP contribution >= 0.6 is 0 Å². The molecular weight excluding hydrogens is 150 g/mol. The topological polar surface area (TPSA) is 35.2 Å². The molecule has 2 nitrogen and oxygen atoms in total. The number of unbranched alkanes of at least 4 members (excludes halogenated alkanes) is 1. The van der Waals surface area contributed by atoms with Gasteiger partial charge in [0.1, 0.15) is 0 Å². The molecule has 0 amide bonds. The Morgan fingerprint density at radius 1 is 1.33 bits per heavy atom. The van der Waals surface area contributed by atoms with Crippen molar-refractivity contribution in [3.05, 3.63) is 0 Å². The average molecular weight is 171 g/mol. The van der Waals surface area contributed by atoms with E-state index in [0.29, 0.717) is 12.1 Å². The van der Waals surface area contributed by atoms with Gasteiger partial charge in [-0.2, -0.15) is 0 Å². The van der Waals surface area contributed by atoms with Crippen molar-refractivity contribution in [1.82, 2.24) is 0 Å². The quantitative estimate of drug-likeness (QED) is 0.657. The molecule has 72 valence electrons. The molecule has 2 N–H and O–H groups in total. The van der Waals surface area contributed by atoms with Gasteiger partial charge in [0.2, 0.25) is 0 Å². The Labute approximate surface area is 75.5 Å². The highest BCUT2D eigenvalue weighted by molar-refractivity contribution is 4.78. The summed E-state index contributed by atoms with van der Waals surface area (Å²) in [6, 6.07) is 0.301. The van der Waals surface area contributed by atoms with Crippen molar-refractivity contribution in [3.8, 4) is 0 Å². The summed E-state index contributed by atoms with van der Waals surface area (Å²) < 4.78 is 5.71. The van der Waals surface area contributed by atoms with E-state index in [1.54, 1.807) is 0 Å². The van der Waals surface area contributed by atoms with Crippen molar-refractivity contribution in [2.24, 2.45) is 5.73 Å². The molecule has 0 saturated heterocycles. The van der Waals surface area contributed by atoms with Crippen molar-refractivity contribution in [3.63, 3.8) is 0 Å². The van der Waals surface area contributed by atoms with Gasteiger partial charge in [0, 0.05) is 12.6 Å². The van der Waals surface area contributed by atoms with Crippen LogP contribution in [0.4, 0.5) is 0 Å². The summed E-state index contributed by atoms with van der Waals surface area (Å²) in [5.41, 5.74) is 5.94. The first-order valence-electron chi connectivity index (χ1n) is 5.21. The van der Waals surface area contributed by atoms with E-state index in [1.807, 2.05) is 0 Å². The van der Waals surface area contributed by atoms with E-state index in [9.17, 15) is 0 Å². The van der Waals surface area contributed by atoms with Gasteiger partial charge in [0.15, 0.2) is 0 Å². The summed E-state index contributed by atoms with van der Waals surface area (Å²) in [4.78, 5) is 0. The Bertz CT molecular complexity index is 116. The number of ether oxygens (including phenoxy) is 1. The Kier molecular flexibility index (Phi) is 4.62. The minimum Gasteiger partial charge on any atom is -0.377 e. The zero-order valence-corrected chi connectivity index (χ0v) is 8.09. The smallest absolute Gasteiger partial charge is 0.0725 e. The molecule has 0 aromatic rings. The Balaban J connectivity index is 2.11. The standard InChI is InChI=1S/C10H21NO/c1-2-3-8-12-10-7-5-4-6-9(10)11/h9-10H,2-8,11H2,1H3/t9-,10-/m1/s1. The first-order valence-corrected chi connectivity index (χ1v) is 5.21. The van der Waals surface area contributed by atoms with E-state index < -0.39 is 0 Å². The Morgan fingerprint density at radius 3 is 2.75 bits per heavy atom. The van der Waals surface area contributed by atoms with Crippen LogP contribution in [-0.4, -0.2) is 18.8 Å². The van der Waals surface area contributed by atoms with Crippen molar-refractivity contribution >= 4 is 0 Å². The fourth-order valence-corrected chi connectivity index (χ4v) is 1.71. The molecule has 2 heteroatoms. The second-order valence-electron chi connectivity index (χ2n) is 3.71. The first kappa shape index (κ1) is 10.0. The van der Waals surface area contributed by atoms with E-state index in [2.05, 4.69) is 6.92 Å². The minimum atomic E-state index is 0.301. The molecule has 0 bridgehead atoms. The zero-order valence-electron chi connectivity index (χ0n) is 8.09. The molecule has 0 aromatic heterocycles. The Morgan fingerprint density at radius 2 is 2.08 bits per heavy atom. The lowest BCUT2D eigenvalue weighted by molar-refractivity contribution is 0.0138. The van der Waals surface area contributed by atoms with Crippen LogP contribution in [0.1, 0.15) is 45.4 Å². The molecule has 2 atom stereocenters. The van der Waals surface area contributed by atoms with Crippen LogP contribution in [0.25, 0.3) is 0 Å². The molecule has 1 saturated carbocycles. The largest absolute Gasteiger partial charge is 0.377 e. The maximum absolute atomic E-state index is 5.94. The van der Waals surface area contributed by atoms with Crippen LogP contribution in [0.15, 0.2) is 0 Å². The van der Waals surface area contributed by atoms with Crippen LogP contribution in [0.5, 0.6) is 0 Å². The molecule has 1 aliphatic carbocycles. The molecule has 1 rings (SSSR count). The lowest BCUT2D eigenvalue weighted by Gasteiger charge is -2.28. The van der Waals surface area contributed by atoms with Gasteiger partial charge in [-0.3, -0.25) is 0 Å². The number of rotatable bonds is 4. The molecule has 12 heavy (non-hydrogen) atoms. The lowest BCUT2D eigenvalue weighted by atomic mass is 9.93. The zero-order chi connectivity index (χ0) is 8.81. The van der Waals surface area contributed by atoms with Gasteiger partial charge in [-0.05, 0) is 19.3 Å². The fourth-order valence-electron chi connectivity index (χ4n) is 1.71. The molecule has 0 radical (unpaired) electrons. The van der Waals surface area contributed by atoms with E-state index in [-0.39, 0.29) is 0 Å². The third-order valence-electron chi connectivity index (χ3n) is 2.58. The third kappa shape index (κ3) is 3.11. The van der Waals surface area contributed by atoms with Gasteiger partial charge in [-0.1, -0.05) is 26.2 Å². The molecule has 0 aliphatic heterocycles. The van der Waals surface area contributed by atoms with Gasteiger partial charge < -0.3 is 10.5 Å². The van der Waals surface area contributed by atoms with Crippen LogP contribution in [-0.2, 0) is 4.74 Å². The summed E-state index contributed by atoms with van der Waals surface area (Å²) in [6.07, 6.45) is 7.64. The summed E-state index contributed by atoms with van der Waals surface area (Å²) >= 11 is 0. The van der Waals surface area contributed by atoms with Gasteiger partial charge in [-0.15, -0.1) is 0 Å². The van der Waals surface area contributed by atoms with Gasteiger partial charge >= 0.3 is 0 Å². The van der Waals surface area contributed by atoms with Gasteiger partial charge in [-0.25, -0.2) is 0 Å². The number of hydrogen-bond donors (Lipinski definition) is 1.